The summed E-state index contributed by atoms with van der Waals surface area (Å²) in [6, 6.07) is 15.4. The van der Waals surface area contributed by atoms with Crippen LogP contribution in [-0.4, -0.2) is 18.8 Å². The quantitative estimate of drug-likeness (QED) is 0.808. The van der Waals surface area contributed by atoms with E-state index in [2.05, 4.69) is 5.32 Å². The SMILES string of the molecule is CCOc1ccc([C@@H](C)NC(=O)c2ccccc2SC)cc1. The molecule has 0 aliphatic rings. The molecule has 2 rings (SSSR count). The summed E-state index contributed by atoms with van der Waals surface area (Å²) in [7, 11) is 0. The summed E-state index contributed by atoms with van der Waals surface area (Å²) in [5.41, 5.74) is 1.77. The summed E-state index contributed by atoms with van der Waals surface area (Å²) in [6.07, 6.45) is 1.97. The largest absolute Gasteiger partial charge is 0.494 e. The lowest BCUT2D eigenvalue weighted by Crippen LogP contribution is -2.27. The Labute approximate surface area is 136 Å². The molecule has 2 aromatic rings. The van der Waals surface area contributed by atoms with Gasteiger partial charge in [-0.3, -0.25) is 4.79 Å². The molecule has 0 saturated carbocycles. The fourth-order valence-corrected chi connectivity index (χ4v) is 2.80. The first-order valence-electron chi connectivity index (χ1n) is 7.32. The Balaban J connectivity index is 2.07. The number of benzene rings is 2. The minimum atomic E-state index is -0.0573. The number of nitrogens with one attached hydrogen (secondary N) is 1. The summed E-state index contributed by atoms with van der Waals surface area (Å²) in [4.78, 5) is 13.4. The highest BCUT2D eigenvalue weighted by molar-refractivity contribution is 7.98. The van der Waals surface area contributed by atoms with Crippen LogP contribution in [0.25, 0.3) is 0 Å². The molecule has 0 aliphatic heterocycles. The first-order chi connectivity index (χ1) is 10.7. The molecule has 22 heavy (non-hydrogen) atoms. The van der Waals surface area contributed by atoms with Crippen molar-refractivity contribution in [3.63, 3.8) is 0 Å². The second kappa shape index (κ2) is 7.90. The van der Waals surface area contributed by atoms with Gasteiger partial charge in [0.25, 0.3) is 5.91 Å². The molecule has 0 aromatic heterocycles. The molecule has 0 aliphatic carbocycles. The second-order valence-electron chi connectivity index (χ2n) is 4.90. The molecule has 116 valence electrons. The van der Waals surface area contributed by atoms with Crippen molar-refractivity contribution >= 4 is 17.7 Å². The van der Waals surface area contributed by atoms with Crippen LogP contribution in [0.5, 0.6) is 5.75 Å². The Hall–Kier alpha value is -1.94. The maximum absolute atomic E-state index is 12.4. The molecule has 1 atom stereocenters. The summed E-state index contributed by atoms with van der Waals surface area (Å²) in [5, 5.41) is 3.05. The molecule has 0 saturated heterocycles. The predicted octanol–water partition coefficient (Wildman–Crippen LogP) is 4.30. The van der Waals surface area contributed by atoms with E-state index in [-0.39, 0.29) is 11.9 Å². The van der Waals surface area contributed by atoms with Crippen LogP contribution in [0.3, 0.4) is 0 Å². The van der Waals surface area contributed by atoms with Gasteiger partial charge >= 0.3 is 0 Å². The Kier molecular flexibility index (Phi) is 5.90. The van der Waals surface area contributed by atoms with Crippen LogP contribution in [0.1, 0.15) is 35.8 Å². The van der Waals surface area contributed by atoms with Gasteiger partial charge in [-0.25, -0.2) is 0 Å². The maximum Gasteiger partial charge on any atom is 0.252 e. The van der Waals surface area contributed by atoms with Gasteiger partial charge in [0.05, 0.1) is 18.2 Å². The minimum Gasteiger partial charge on any atom is -0.494 e. The third-order valence-corrected chi connectivity index (χ3v) is 4.19. The van der Waals surface area contributed by atoms with Crippen LogP contribution in [-0.2, 0) is 0 Å². The maximum atomic E-state index is 12.4. The van der Waals surface area contributed by atoms with Crippen molar-refractivity contribution in [1.82, 2.24) is 5.32 Å². The molecule has 0 unspecified atom stereocenters. The van der Waals surface area contributed by atoms with Gasteiger partial charge in [0.1, 0.15) is 5.75 Å². The first-order valence-corrected chi connectivity index (χ1v) is 8.54. The second-order valence-corrected chi connectivity index (χ2v) is 5.75. The summed E-state index contributed by atoms with van der Waals surface area (Å²) >= 11 is 1.58. The van der Waals surface area contributed by atoms with Crippen molar-refractivity contribution in [1.29, 1.82) is 0 Å². The predicted molar refractivity (Wildman–Crippen MR) is 91.7 cm³/mol. The summed E-state index contributed by atoms with van der Waals surface area (Å²) in [6.45, 7) is 4.59. The van der Waals surface area contributed by atoms with E-state index in [0.717, 1.165) is 16.2 Å². The third-order valence-electron chi connectivity index (χ3n) is 3.39. The molecular formula is C18H21NO2S. The highest BCUT2D eigenvalue weighted by atomic mass is 32.2. The lowest BCUT2D eigenvalue weighted by Gasteiger charge is -2.16. The number of hydrogen-bond acceptors (Lipinski definition) is 3. The standard InChI is InChI=1S/C18H21NO2S/c1-4-21-15-11-9-14(10-12-15)13(2)19-18(20)16-7-5-6-8-17(16)22-3/h5-13H,4H2,1-3H3,(H,19,20)/t13-/m1/s1. The smallest absolute Gasteiger partial charge is 0.252 e. The van der Waals surface area contributed by atoms with E-state index in [4.69, 9.17) is 4.74 Å². The number of amides is 1. The van der Waals surface area contributed by atoms with Crippen molar-refractivity contribution in [3.05, 3.63) is 59.7 Å². The number of carbonyl (C=O) groups excluding carboxylic acids is 1. The van der Waals surface area contributed by atoms with Gasteiger partial charge in [0.15, 0.2) is 0 Å². The van der Waals surface area contributed by atoms with E-state index in [1.54, 1.807) is 11.8 Å². The third kappa shape index (κ3) is 4.04. The lowest BCUT2D eigenvalue weighted by atomic mass is 10.1. The minimum absolute atomic E-state index is 0.0497. The Morgan fingerprint density at radius 1 is 1.18 bits per heavy atom. The van der Waals surface area contributed by atoms with E-state index in [1.165, 1.54) is 0 Å². The molecule has 0 radical (unpaired) electrons. The van der Waals surface area contributed by atoms with Crippen molar-refractivity contribution < 1.29 is 9.53 Å². The molecule has 4 heteroatoms. The van der Waals surface area contributed by atoms with Crippen LogP contribution in [0.15, 0.2) is 53.4 Å². The molecule has 0 spiro atoms. The van der Waals surface area contributed by atoms with Gasteiger partial charge in [-0.05, 0) is 49.9 Å². The van der Waals surface area contributed by atoms with Crippen molar-refractivity contribution in [2.24, 2.45) is 0 Å². The molecule has 0 fully saturated rings. The van der Waals surface area contributed by atoms with Crippen LogP contribution >= 0.6 is 11.8 Å². The molecular weight excluding hydrogens is 294 g/mol. The van der Waals surface area contributed by atoms with Crippen LogP contribution in [0.4, 0.5) is 0 Å². The molecule has 1 amide bonds. The van der Waals surface area contributed by atoms with Gasteiger partial charge < -0.3 is 10.1 Å². The Bertz CT molecular complexity index is 625. The van der Waals surface area contributed by atoms with Crippen LogP contribution in [0, 0.1) is 0 Å². The first kappa shape index (κ1) is 16.4. The van der Waals surface area contributed by atoms with Crippen molar-refractivity contribution in [2.45, 2.75) is 24.8 Å². The topological polar surface area (TPSA) is 38.3 Å². The Morgan fingerprint density at radius 3 is 2.50 bits per heavy atom. The molecule has 2 aromatic carbocycles. The monoisotopic (exact) mass is 315 g/mol. The zero-order chi connectivity index (χ0) is 15.9. The number of hydrogen-bond donors (Lipinski definition) is 1. The van der Waals surface area contributed by atoms with E-state index < -0.39 is 0 Å². The zero-order valence-electron chi connectivity index (χ0n) is 13.1. The average Bonchev–Trinajstić information content (AvgIpc) is 2.55. The van der Waals surface area contributed by atoms with Gasteiger partial charge in [-0.15, -0.1) is 11.8 Å². The average molecular weight is 315 g/mol. The van der Waals surface area contributed by atoms with E-state index in [9.17, 15) is 4.79 Å². The normalized spacial score (nSPS) is 11.8. The fraction of sp³-hybridized carbons (Fsp3) is 0.278. The number of thioether (sulfide) groups is 1. The fourth-order valence-electron chi connectivity index (χ4n) is 2.21. The Morgan fingerprint density at radius 2 is 1.86 bits per heavy atom. The molecule has 0 heterocycles. The van der Waals surface area contributed by atoms with Gasteiger partial charge in [-0.1, -0.05) is 24.3 Å². The van der Waals surface area contributed by atoms with Gasteiger partial charge in [0.2, 0.25) is 0 Å². The zero-order valence-corrected chi connectivity index (χ0v) is 13.9. The van der Waals surface area contributed by atoms with E-state index in [1.807, 2.05) is 68.6 Å². The van der Waals surface area contributed by atoms with Gasteiger partial charge in [0, 0.05) is 4.90 Å². The van der Waals surface area contributed by atoms with Crippen molar-refractivity contribution in [3.8, 4) is 5.75 Å². The van der Waals surface area contributed by atoms with Gasteiger partial charge in [-0.2, -0.15) is 0 Å². The molecule has 3 nitrogen and oxygen atoms in total. The van der Waals surface area contributed by atoms with E-state index >= 15 is 0 Å². The lowest BCUT2D eigenvalue weighted by molar-refractivity contribution is 0.0937. The highest BCUT2D eigenvalue weighted by Gasteiger charge is 2.14. The van der Waals surface area contributed by atoms with Crippen LogP contribution < -0.4 is 10.1 Å². The number of rotatable bonds is 6. The molecule has 1 N–H and O–H groups in total. The molecule has 0 bridgehead atoms. The van der Waals surface area contributed by atoms with Crippen LogP contribution in [0.2, 0.25) is 0 Å². The number of ether oxygens (including phenoxy) is 1. The summed E-state index contributed by atoms with van der Waals surface area (Å²) in [5.74, 6) is 0.795. The van der Waals surface area contributed by atoms with E-state index in [0.29, 0.717) is 12.2 Å². The highest BCUT2D eigenvalue weighted by Crippen LogP contribution is 2.22. The summed E-state index contributed by atoms with van der Waals surface area (Å²) < 4.78 is 5.43. The number of carbonyl (C=O) groups is 1. The van der Waals surface area contributed by atoms with Crippen molar-refractivity contribution in [2.75, 3.05) is 12.9 Å².